The molecule has 0 radical (unpaired) electrons. The average molecular weight is 297 g/mol. The van der Waals surface area contributed by atoms with Gasteiger partial charge in [0.15, 0.2) is 0 Å². The molecule has 0 spiro atoms. The first-order chi connectivity index (χ1) is 9.70. The number of hydrogen-bond donors (Lipinski definition) is 2. The highest BCUT2D eigenvalue weighted by atomic mass is 35.5. The highest BCUT2D eigenvalue weighted by molar-refractivity contribution is 6.33. The number of carbonyl (C=O) groups excluding carboxylic acids is 1. The molecule has 6 heteroatoms. The quantitative estimate of drug-likeness (QED) is 0.487. The van der Waals surface area contributed by atoms with Crippen LogP contribution in [-0.2, 0) is 4.79 Å². The number of nitrogens with zero attached hydrogens (tertiary/aromatic N) is 2. The molecule has 1 fully saturated rings. The zero-order valence-electron chi connectivity index (χ0n) is 11.5. The van der Waals surface area contributed by atoms with Crippen molar-refractivity contribution < 1.29 is 4.79 Å². The Balaban J connectivity index is 1.75. The molecule has 1 amide bonds. The Labute approximate surface area is 124 Å². The number of benzene rings is 1. The number of hydrogen-bond acceptors (Lipinski definition) is 4. The lowest BCUT2D eigenvalue weighted by molar-refractivity contribution is -0.121. The summed E-state index contributed by atoms with van der Waals surface area (Å²) in [6.07, 6.45) is 1.33. The SMILES string of the molecule is NNC(=O)CCCN1CCN(c2ccccc2Cl)CC1. The van der Waals surface area contributed by atoms with E-state index in [0.29, 0.717) is 6.42 Å². The molecule has 1 aromatic carbocycles. The summed E-state index contributed by atoms with van der Waals surface area (Å²) in [6.45, 7) is 4.86. The summed E-state index contributed by atoms with van der Waals surface area (Å²) in [5, 5.41) is 0.806. The maximum absolute atomic E-state index is 11.1. The Bertz CT molecular complexity index is 447. The van der Waals surface area contributed by atoms with Crippen molar-refractivity contribution in [1.29, 1.82) is 0 Å². The number of anilines is 1. The molecular formula is C14H21ClN4O. The fraction of sp³-hybridized carbons (Fsp3) is 0.500. The number of nitrogens with two attached hydrogens (primary N) is 1. The predicted octanol–water partition coefficient (Wildman–Crippen LogP) is 1.23. The van der Waals surface area contributed by atoms with Gasteiger partial charge in [0.1, 0.15) is 0 Å². The summed E-state index contributed by atoms with van der Waals surface area (Å²) in [7, 11) is 0. The molecule has 0 aliphatic carbocycles. The van der Waals surface area contributed by atoms with Gasteiger partial charge in [0.05, 0.1) is 10.7 Å². The van der Waals surface area contributed by atoms with E-state index in [2.05, 4.69) is 21.3 Å². The van der Waals surface area contributed by atoms with Gasteiger partial charge in [-0.2, -0.15) is 0 Å². The molecule has 3 N–H and O–H groups in total. The summed E-state index contributed by atoms with van der Waals surface area (Å²) >= 11 is 6.22. The van der Waals surface area contributed by atoms with Crippen LogP contribution in [0.2, 0.25) is 5.02 Å². The van der Waals surface area contributed by atoms with Gasteiger partial charge in [-0.1, -0.05) is 23.7 Å². The molecule has 20 heavy (non-hydrogen) atoms. The zero-order chi connectivity index (χ0) is 14.4. The second-order valence-electron chi connectivity index (χ2n) is 4.95. The number of halogens is 1. The Kier molecular flexibility index (Phi) is 5.64. The molecule has 1 aliphatic heterocycles. The van der Waals surface area contributed by atoms with Gasteiger partial charge in [0, 0.05) is 32.6 Å². The fourth-order valence-corrected chi connectivity index (χ4v) is 2.71. The minimum absolute atomic E-state index is 0.0975. The van der Waals surface area contributed by atoms with Crippen LogP contribution in [0, 0.1) is 0 Å². The van der Waals surface area contributed by atoms with Gasteiger partial charge in [0.25, 0.3) is 0 Å². The van der Waals surface area contributed by atoms with Crippen LogP contribution >= 0.6 is 11.6 Å². The van der Waals surface area contributed by atoms with Crippen LogP contribution in [0.1, 0.15) is 12.8 Å². The zero-order valence-corrected chi connectivity index (χ0v) is 12.3. The largest absolute Gasteiger partial charge is 0.368 e. The monoisotopic (exact) mass is 296 g/mol. The molecule has 0 bridgehead atoms. The molecule has 0 aromatic heterocycles. The second-order valence-corrected chi connectivity index (χ2v) is 5.36. The molecule has 1 heterocycles. The predicted molar refractivity (Wildman–Crippen MR) is 81.7 cm³/mol. The summed E-state index contributed by atoms with van der Waals surface area (Å²) in [5.74, 6) is 4.96. The van der Waals surface area contributed by atoms with Gasteiger partial charge in [0.2, 0.25) is 5.91 Å². The van der Waals surface area contributed by atoms with Crippen molar-refractivity contribution in [3.8, 4) is 0 Å². The third-order valence-corrected chi connectivity index (χ3v) is 3.92. The van der Waals surface area contributed by atoms with E-state index in [-0.39, 0.29) is 5.91 Å². The topological polar surface area (TPSA) is 61.6 Å². The summed E-state index contributed by atoms with van der Waals surface area (Å²) in [4.78, 5) is 15.7. The number of para-hydroxylation sites is 1. The minimum atomic E-state index is -0.0975. The number of rotatable bonds is 5. The first kappa shape index (κ1) is 15.1. The van der Waals surface area contributed by atoms with Crippen LogP contribution in [0.3, 0.4) is 0 Å². The van der Waals surface area contributed by atoms with Crippen LogP contribution in [0.4, 0.5) is 5.69 Å². The lowest BCUT2D eigenvalue weighted by Crippen LogP contribution is -2.46. The van der Waals surface area contributed by atoms with E-state index in [1.54, 1.807) is 0 Å². The van der Waals surface area contributed by atoms with Gasteiger partial charge in [-0.25, -0.2) is 5.84 Å². The van der Waals surface area contributed by atoms with Crippen molar-refractivity contribution in [2.24, 2.45) is 5.84 Å². The van der Waals surface area contributed by atoms with Gasteiger partial charge in [-0.05, 0) is 25.1 Å². The van der Waals surface area contributed by atoms with E-state index in [4.69, 9.17) is 17.4 Å². The highest BCUT2D eigenvalue weighted by Crippen LogP contribution is 2.25. The number of nitrogens with one attached hydrogen (secondary N) is 1. The van der Waals surface area contributed by atoms with Crippen LogP contribution < -0.4 is 16.2 Å². The molecule has 2 rings (SSSR count). The Morgan fingerprint density at radius 1 is 1.25 bits per heavy atom. The molecule has 1 aliphatic rings. The van der Waals surface area contributed by atoms with Crippen molar-refractivity contribution in [3.05, 3.63) is 29.3 Å². The summed E-state index contributed by atoms with van der Waals surface area (Å²) in [5.41, 5.74) is 3.26. The van der Waals surface area contributed by atoms with Crippen molar-refractivity contribution in [1.82, 2.24) is 10.3 Å². The van der Waals surface area contributed by atoms with Gasteiger partial charge in [-0.15, -0.1) is 0 Å². The smallest absolute Gasteiger partial charge is 0.233 e. The van der Waals surface area contributed by atoms with E-state index in [1.807, 2.05) is 18.2 Å². The molecule has 110 valence electrons. The number of piperazine rings is 1. The van der Waals surface area contributed by atoms with Gasteiger partial charge >= 0.3 is 0 Å². The van der Waals surface area contributed by atoms with Crippen LogP contribution in [0.5, 0.6) is 0 Å². The van der Waals surface area contributed by atoms with Crippen molar-refractivity contribution in [2.45, 2.75) is 12.8 Å². The molecule has 0 saturated carbocycles. The van der Waals surface area contributed by atoms with E-state index >= 15 is 0 Å². The lowest BCUT2D eigenvalue weighted by atomic mass is 10.2. The van der Waals surface area contributed by atoms with E-state index < -0.39 is 0 Å². The number of carbonyl (C=O) groups is 1. The van der Waals surface area contributed by atoms with Gasteiger partial charge in [-0.3, -0.25) is 15.1 Å². The molecule has 0 atom stereocenters. The maximum atomic E-state index is 11.1. The second kappa shape index (κ2) is 7.47. The first-order valence-electron chi connectivity index (χ1n) is 6.92. The maximum Gasteiger partial charge on any atom is 0.233 e. The van der Waals surface area contributed by atoms with E-state index in [1.165, 1.54) is 0 Å². The Morgan fingerprint density at radius 2 is 1.95 bits per heavy atom. The molecule has 0 unspecified atom stereocenters. The molecular weight excluding hydrogens is 276 g/mol. The van der Waals surface area contributed by atoms with Crippen molar-refractivity contribution >= 4 is 23.2 Å². The average Bonchev–Trinajstić information content (AvgIpc) is 2.48. The highest BCUT2D eigenvalue weighted by Gasteiger charge is 2.18. The normalized spacial score (nSPS) is 16.2. The van der Waals surface area contributed by atoms with Crippen LogP contribution in [0.25, 0.3) is 0 Å². The first-order valence-corrected chi connectivity index (χ1v) is 7.30. The molecule has 5 nitrogen and oxygen atoms in total. The Hall–Kier alpha value is -1.30. The number of hydrazine groups is 1. The van der Waals surface area contributed by atoms with E-state index in [0.717, 1.165) is 49.9 Å². The van der Waals surface area contributed by atoms with Crippen LogP contribution in [-0.4, -0.2) is 43.5 Å². The minimum Gasteiger partial charge on any atom is -0.368 e. The van der Waals surface area contributed by atoms with Crippen molar-refractivity contribution in [2.75, 3.05) is 37.6 Å². The molecule has 1 saturated heterocycles. The summed E-state index contributed by atoms with van der Waals surface area (Å²) < 4.78 is 0. The summed E-state index contributed by atoms with van der Waals surface area (Å²) in [6, 6.07) is 7.95. The Morgan fingerprint density at radius 3 is 2.60 bits per heavy atom. The molecule has 1 aromatic rings. The fourth-order valence-electron chi connectivity index (χ4n) is 2.46. The van der Waals surface area contributed by atoms with E-state index in [9.17, 15) is 4.79 Å². The lowest BCUT2D eigenvalue weighted by Gasteiger charge is -2.36. The van der Waals surface area contributed by atoms with Crippen LogP contribution in [0.15, 0.2) is 24.3 Å². The standard InChI is InChI=1S/C14H21ClN4O/c15-12-4-1-2-5-13(12)19-10-8-18(9-11-19)7-3-6-14(20)17-16/h1-2,4-5H,3,6-11,16H2,(H,17,20). The number of amides is 1. The third-order valence-electron chi connectivity index (χ3n) is 3.60. The third kappa shape index (κ3) is 4.10. The van der Waals surface area contributed by atoms with Gasteiger partial charge < -0.3 is 4.90 Å². The van der Waals surface area contributed by atoms with Crippen molar-refractivity contribution in [3.63, 3.8) is 0 Å².